The van der Waals surface area contributed by atoms with Crippen molar-refractivity contribution in [3.63, 3.8) is 0 Å². The van der Waals surface area contributed by atoms with Gasteiger partial charge >= 0.3 is 5.69 Å². The van der Waals surface area contributed by atoms with E-state index in [-0.39, 0.29) is 17.2 Å². The molecule has 0 aliphatic carbocycles. The predicted molar refractivity (Wildman–Crippen MR) is 108 cm³/mol. The third-order valence-corrected chi connectivity index (χ3v) is 5.13. The van der Waals surface area contributed by atoms with Crippen molar-refractivity contribution in [2.24, 2.45) is 14.1 Å². The molecule has 3 heterocycles. The first-order valence-corrected chi connectivity index (χ1v) is 9.19. The molecule has 1 aromatic carbocycles. The minimum Gasteiger partial charge on any atom is -0.370 e. The van der Waals surface area contributed by atoms with Crippen LogP contribution in [0.5, 0.6) is 0 Å². The maximum atomic E-state index is 12.8. The number of carbonyl (C=O) groups is 1. The molecule has 1 aliphatic heterocycles. The SMILES string of the molecule is Cn1c(=O)c2ccc(C(=O)Nc3ccccc3N3CCCC3)nc2n(C)c1=O. The molecule has 1 fully saturated rings. The molecule has 0 radical (unpaired) electrons. The van der Waals surface area contributed by atoms with E-state index in [1.807, 2.05) is 24.3 Å². The topological polar surface area (TPSA) is 89.2 Å². The van der Waals surface area contributed by atoms with Crippen molar-refractivity contribution >= 4 is 28.3 Å². The third kappa shape index (κ3) is 2.96. The number of amides is 1. The van der Waals surface area contributed by atoms with Gasteiger partial charge in [0.2, 0.25) is 0 Å². The van der Waals surface area contributed by atoms with E-state index in [0.29, 0.717) is 11.1 Å². The second kappa shape index (κ2) is 6.95. The maximum absolute atomic E-state index is 12.8. The molecule has 144 valence electrons. The number of benzene rings is 1. The summed E-state index contributed by atoms with van der Waals surface area (Å²) in [6.45, 7) is 1.93. The molecule has 3 aromatic rings. The summed E-state index contributed by atoms with van der Waals surface area (Å²) in [5.74, 6) is -0.387. The molecule has 0 bridgehead atoms. The number of nitrogens with one attached hydrogen (secondary N) is 1. The molecule has 8 nitrogen and oxygen atoms in total. The van der Waals surface area contributed by atoms with Gasteiger partial charge in [-0.25, -0.2) is 9.78 Å². The molecule has 1 saturated heterocycles. The number of fused-ring (bicyclic) bond motifs is 1. The number of hydrogen-bond acceptors (Lipinski definition) is 5. The van der Waals surface area contributed by atoms with Gasteiger partial charge in [-0.3, -0.25) is 18.7 Å². The van der Waals surface area contributed by atoms with Gasteiger partial charge in [-0.2, -0.15) is 0 Å². The van der Waals surface area contributed by atoms with Gasteiger partial charge in [0, 0.05) is 27.2 Å². The summed E-state index contributed by atoms with van der Waals surface area (Å²) < 4.78 is 2.29. The number of hydrogen-bond donors (Lipinski definition) is 1. The van der Waals surface area contributed by atoms with Crippen molar-refractivity contribution in [3.8, 4) is 0 Å². The van der Waals surface area contributed by atoms with E-state index in [9.17, 15) is 14.4 Å². The molecule has 1 aliphatic rings. The third-order valence-electron chi connectivity index (χ3n) is 5.13. The first-order valence-electron chi connectivity index (χ1n) is 9.19. The molecule has 0 spiro atoms. The van der Waals surface area contributed by atoms with Crippen LogP contribution in [0.25, 0.3) is 11.0 Å². The Bertz CT molecular complexity index is 1190. The van der Waals surface area contributed by atoms with Crippen molar-refractivity contribution in [3.05, 3.63) is 62.9 Å². The fourth-order valence-electron chi connectivity index (χ4n) is 3.58. The van der Waals surface area contributed by atoms with Gasteiger partial charge in [-0.05, 0) is 37.1 Å². The Kier molecular flexibility index (Phi) is 4.46. The lowest BCUT2D eigenvalue weighted by Gasteiger charge is -2.21. The minimum atomic E-state index is -0.484. The van der Waals surface area contributed by atoms with E-state index < -0.39 is 11.2 Å². The molecule has 8 heteroatoms. The monoisotopic (exact) mass is 379 g/mol. The van der Waals surface area contributed by atoms with E-state index >= 15 is 0 Å². The van der Waals surface area contributed by atoms with Crippen LogP contribution in [0.3, 0.4) is 0 Å². The Hall–Kier alpha value is -3.42. The second-order valence-corrected chi connectivity index (χ2v) is 6.94. The Morgan fingerprint density at radius 1 is 1.00 bits per heavy atom. The molecule has 4 rings (SSSR count). The fourth-order valence-corrected chi connectivity index (χ4v) is 3.58. The molecule has 0 atom stereocenters. The predicted octanol–water partition coefficient (Wildman–Crippen LogP) is 1.48. The van der Waals surface area contributed by atoms with Crippen molar-refractivity contribution in [1.82, 2.24) is 14.1 Å². The van der Waals surface area contributed by atoms with Crippen LogP contribution in [0, 0.1) is 0 Å². The van der Waals surface area contributed by atoms with Gasteiger partial charge in [-0.1, -0.05) is 12.1 Å². The normalized spacial score (nSPS) is 13.9. The lowest BCUT2D eigenvalue weighted by molar-refractivity contribution is 0.102. The van der Waals surface area contributed by atoms with Gasteiger partial charge in [0.15, 0.2) is 0 Å². The summed E-state index contributed by atoms with van der Waals surface area (Å²) >= 11 is 0. The largest absolute Gasteiger partial charge is 0.370 e. The van der Waals surface area contributed by atoms with Crippen molar-refractivity contribution < 1.29 is 4.79 Å². The highest BCUT2D eigenvalue weighted by atomic mass is 16.2. The number of rotatable bonds is 3. The zero-order valence-corrected chi connectivity index (χ0v) is 15.8. The van der Waals surface area contributed by atoms with E-state index in [2.05, 4.69) is 15.2 Å². The van der Waals surface area contributed by atoms with Crippen LogP contribution in [0.15, 0.2) is 46.0 Å². The molecule has 0 unspecified atom stereocenters. The lowest BCUT2D eigenvalue weighted by atomic mass is 10.2. The van der Waals surface area contributed by atoms with Crippen LogP contribution in [-0.2, 0) is 14.1 Å². The molecule has 1 amide bonds. The van der Waals surface area contributed by atoms with Crippen LogP contribution < -0.4 is 21.5 Å². The van der Waals surface area contributed by atoms with Crippen LogP contribution in [0.1, 0.15) is 23.3 Å². The summed E-state index contributed by atoms with van der Waals surface area (Å²) in [6, 6.07) is 10.7. The Labute approximate surface area is 161 Å². The summed E-state index contributed by atoms with van der Waals surface area (Å²) in [5.41, 5.74) is 1.11. The number of pyridine rings is 1. The van der Waals surface area contributed by atoms with Gasteiger partial charge in [0.05, 0.1) is 16.8 Å². The highest BCUT2D eigenvalue weighted by Gasteiger charge is 2.18. The number of carbonyl (C=O) groups excluding carboxylic acids is 1. The molecular formula is C20H21N5O3. The van der Waals surface area contributed by atoms with Gasteiger partial charge in [-0.15, -0.1) is 0 Å². The van der Waals surface area contributed by atoms with Crippen molar-refractivity contribution in [1.29, 1.82) is 0 Å². The van der Waals surface area contributed by atoms with Crippen LogP contribution in [-0.4, -0.2) is 33.1 Å². The molecule has 0 saturated carbocycles. The number of aryl methyl sites for hydroxylation is 1. The Morgan fingerprint density at radius 2 is 1.71 bits per heavy atom. The molecule has 28 heavy (non-hydrogen) atoms. The summed E-state index contributed by atoms with van der Waals surface area (Å²) in [4.78, 5) is 43.8. The summed E-state index contributed by atoms with van der Waals surface area (Å²) in [7, 11) is 2.95. The van der Waals surface area contributed by atoms with Gasteiger partial charge < -0.3 is 10.2 Å². The smallest absolute Gasteiger partial charge is 0.332 e. The highest BCUT2D eigenvalue weighted by Crippen LogP contribution is 2.28. The average molecular weight is 379 g/mol. The van der Waals surface area contributed by atoms with E-state index in [1.54, 1.807) is 0 Å². The van der Waals surface area contributed by atoms with E-state index in [0.717, 1.165) is 36.2 Å². The maximum Gasteiger partial charge on any atom is 0.332 e. The van der Waals surface area contributed by atoms with Crippen molar-refractivity contribution in [2.75, 3.05) is 23.3 Å². The zero-order valence-electron chi connectivity index (χ0n) is 15.8. The molecule has 2 aromatic heterocycles. The number of anilines is 2. The Balaban J connectivity index is 1.71. The van der Waals surface area contributed by atoms with Crippen LogP contribution >= 0.6 is 0 Å². The highest BCUT2D eigenvalue weighted by molar-refractivity contribution is 6.05. The van der Waals surface area contributed by atoms with Gasteiger partial charge in [0.25, 0.3) is 11.5 Å². The van der Waals surface area contributed by atoms with Gasteiger partial charge in [0.1, 0.15) is 11.3 Å². The lowest BCUT2D eigenvalue weighted by Crippen LogP contribution is -2.37. The van der Waals surface area contributed by atoms with Crippen LogP contribution in [0.4, 0.5) is 11.4 Å². The quantitative estimate of drug-likeness (QED) is 0.745. The standard InChI is InChI=1S/C20H21N5O3/c1-23-17-13(19(27)24(2)20(23)28)9-10-15(21-17)18(26)22-14-7-3-4-8-16(14)25-11-5-6-12-25/h3-4,7-10H,5-6,11-12H2,1-2H3,(H,22,26). The first-order chi connectivity index (χ1) is 13.5. The second-order valence-electron chi connectivity index (χ2n) is 6.94. The minimum absolute atomic E-state index is 0.145. The fraction of sp³-hybridized carbons (Fsp3) is 0.300. The molecule has 1 N–H and O–H groups in total. The number of para-hydroxylation sites is 2. The van der Waals surface area contributed by atoms with Crippen molar-refractivity contribution in [2.45, 2.75) is 12.8 Å². The first kappa shape index (κ1) is 18.0. The Morgan fingerprint density at radius 3 is 2.46 bits per heavy atom. The molecular weight excluding hydrogens is 358 g/mol. The zero-order chi connectivity index (χ0) is 19.8. The van der Waals surface area contributed by atoms with Crippen LogP contribution in [0.2, 0.25) is 0 Å². The van der Waals surface area contributed by atoms with E-state index in [1.165, 1.54) is 30.8 Å². The number of aromatic nitrogens is 3. The number of nitrogens with zero attached hydrogens (tertiary/aromatic N) is 4. The van der Waals surface area contributed by atoms with E-state index in [4.69, 9.17) is 0 Å². The summed E-state index contributed by atoms with van der Waals surface area (Å²) in [6.07, 6.45) is 2.27. The average Bonchev–Trinajstić information content (AvgIpc) is 3.25. The summed E-state index contributed by atoms with van der Waals surface area (Å²) in [5, 5.41) is 3.21.